The Morgan fingerprint density at radius 1 is 1.18 bits per heavy atom. The third kappa shape index (κ3) is 3.09. The summed E-state index contributed by atoms with van der Waals surface area (Å²) in [6.07, 6.45) is 5.21. The molecule has 0 aromatic heterocycles. The lowest BCUT2D eigenvalue weighted by Crippen LogP contribution is -2.14. The molecule has 1 aliphatic carbocycles. The van der Waals surface area contributed by atoms with E-state index in [0.29, 0.717) is 6.04 Å². The van der Waals surface area contributed by atoms with Gasteiger partial charge in [-0.2, -0.15) is 0 Å². The molecule has 1 saturated carbocycles. The first-order chi connectivity index (χ1) is 8.16. The van der Waals surface area contributed by atoms with Crippen molar-refractivity contribution < 1.29 is 4.79 Å². The molecule has 0 saturated heterocycles. The molecule has 0 aliphatic heterocycles. The van der Waals surface area contributed by atoms with E-state index in [0.717, 1.165) is 11.3 Å². The second kappa shape index (κ2) is 5.35. The van der Waals surface area contributed by atoms with E-state index in [4.69, 9.17) is 0 Å². The summed E-state index contributed by atoms with van der Waals surface area (Å²) in [6.45, 7) is 3.88. The van der Waals surface area contributed by atoms with Crippen LogP contribution in [0, 0.1) is 5.92 Å². The number of anilines is 1. The van der Waals surface area contributed by atoms with E-state index >= 15 is 0 Å². The number of Topliss-reactive ketones (excluding diaryl/α,β-unsaturated/α-hetero) is 1. The molecule has 2 rings (SSSR count). The van der Waals surface area contributed by atoms with Crippen molar-refractivity contribution in [2.45, 2.75) is 45.6 Å². The highest BCUT2D eigenvalue weighted by Crippen LogP contribution is 2.22. The van der Waals surface area contributed by atoms with Gasteiger partial charge in [-0.1, -0.05) is 26.7 Å². The molecule has 0 spiro atoms. The quantitative estimate of drug-likeness (QED) is 0.797. The Morgan fingerprint density at radius 3 is 2.29 bits per heavy atom. The number of carbonyl (C=O) groups excluding carboxylic acids is 1. The van der Waals surface area contributed by atoms with Gasteiger partial charge in [-0.3, -0.25) is 4.79 Å². The second-order valence-electron chi connectivity index (χ2n) is 5.22. The summed E-state index contributed by atoms with van der Waals surface area (Å²) in [5, 5.41) is 3.52. The van der Waals surface area contributed by atoms with Gasteiger partial charge in [0.2, 0.25) is 0 Å². The number of nitrogens with one attached hydrogen (secondary N) is 1. The molecule has 0 unspecified atom stereocenters. The third-order valence-corrected chi connectivity index (χ3v) is 3.42. The van der Waals surface area contributed by atoms with Crippen molar-refractivity contribution in [3.05, 3.63) is 29.8 Å². The van der Waals surface area contributed by atoms with Gasteiger partial charge in [0.05, 0.1) is 0 Å². The van der Waals surface area contributed by atoms with Gasteiger partial charge in [-0.15, -0.1) is 0 Å². The van der Waals surface area contributed by atoms with E-state index in [2.05, 4.69) is 5.32 Å². The predicted molar refractivity (Wildman–Crippen MR) is 71.5 cm³/mol. The summed E-state index contributed by atoms with van der Waals surface area (Å²) in [5.74, 6) is 0.293. The highest BCUT2D eigenvalue weighted by atomic mass is 16.1. The molecule has 1 fully saturated rings. The smallest absolute Gasteiger partial charge is 0.165 e. The van der Waals surface area contributed by atoms with Crippen molar-refractivity contribution in [2.24, 2.45) is 5.92 Å². The average Bonchev–Trinajstić information content (AvgIpc) is 2.82. The lowest BCUT2D eigenvalue weighted by molar-refractivity contribution is 0.0939. The van der Waals surface area contributed by atoms with Crippen LogP contribution in [0.15, 0.2) is 24.3 Å². The van der Waals surface area contributed by atoms with Gasteiger partial charge in [-0.25, -0.2) is 0 Å². The topological polar surface area (TPSA) is 29.1 Å². The fourth-order valence-electron chi connectivity index (χ4n) is 2.37. The summed E-state index contributed by atoms with van der Waals surface area (Å²) >= 11 is 0. The first kappa shape index (κ1) is 12.2. The summed E-state index contributed by atoms with van der Waals surface area (Å²) in [7, 11) is 0. The van der Waals surface area contributed by atoms with Gasteiger partial charge >= 0.3 is 0 Å². The summed E-state index contributed by atoms with van der Waals surface area (Å²) in [6, 6.07) is 8.53. The number of carbonyl (C=O) groups is 1. The van der Waals surface area contributed by atoms with Crippen LogP contribution in [0.3, 0.4) is 0 Å². The molecule has 1 aromatic rings. The third-order valence-electron chi connectivity index (χ3n) is 3.42. The number of benzene rings is 1. The molecule has 1 N–H and O–H groups in total. The maximum Gasteiger partial charge on any atom is 0.165 e. The van der Waals surface area contributed by atoms with E-state index in [1.165, 1.54) is 25.7 Å². The van der Waals surface area contributed by atoms with Crippen molar-refractivity contribution in [2.75, 3.05) is 5.32 Å². The Morgan fingerprint density at radius 2 is 1.76 bits per heavy atom. The standard InChI is InChI=1S/C15H21NO/c1-11(2)15(17)12-7-9-14(10-8-12)16-13-5-3-4-6-13/h7-11,13,16H,3-6H2,1-2H3. The van der Waals surface area contributed by atoms with Crippen molar-refractivity contribution in [3.63, 3.8) is 0 Å². The van der Waals surface area contributed by atoms with E-state index < -0.39 is 0 Å². The molecule has 0 radical (unpaired) electrons. The highest BCUT2D eigenvalue weighted by Gasteiger charge is 2.15. The van der Waals surface area contributed by atoms with Crippen LogP contribution < -0.4 is 5.32 Å². The van der Waals surface area contributed by atoms with Gasteiger partial charge in [0, 0.05) is 23.2 Å². The lowest BCUT2D eigenvalue weighted by Gasteiger charge is -2.13. The monoisotopic (exact) mass is 231 g/mol. The molecular formula is C15H21NO. The molecule has 2 heteroatoms. The maximum absolute atomic E-state index is 11.8. The lowest BCUT2D eigenvalue weighted by atomic mass is 10.0. The molecule has 92 valence electrons. The summed E-state index contributed by atoms with van der Waals surface area (Å²) in [5.41, 5.74) is 1.95. The highest BCUT2D eigenvalue weighted by molar-refractivity contribution is 5.97. The van der Waals surface area contributed by atoms with Crippen molar-refractivity contribution in [1.82, 2.24) is 0 Å². The molecule has 0 atom stereocenters. The molecular weight excluding hydrogens is 210 g/mol. The van der Waals surface area contributed by atoms with Gasteiger partial charge in [0.15, 0.2) is 5.78 Å². The number of hydrogen-bond donors (Lipinski definition) is 1. The Hall–Kier alpha value is -1.31. The van der Waals surface area contributed by atoms with Crippen LogP contribution in [0.25, 0.3) is 0 Å². The fourth-order valence-corrected chi connectivity index (χ4v) is 2.37. The predicted octanol–water partition coefficient (Wildman–Crippen LogP) is 3.88. The molecule has 1 aliphatic rings. The SMILES string of the molecule is CC(C)C(=O)c1ccc(NC2CCCC2)cc1. The first-order valence-electron chi connectivity index (χ1n) is 6.57. The minimum Gasteiger partial charge on any atom is -0.382 e. The summed E-state index contributed by atoms with van der Waals surface area (Å²) < 4.78 is 0. The molecule has 17 heavy (non-hydrogen) atoms. The van der Waals surface area contributed by atoms with Crippen molar-refractivity contribution >= 4 is 11.5 Å². The van der Waals surface area contributed by atoms with Crippen LogP contribution in [0.2, 0.25) is 0 Å². The Kier molecular flexibility index (Phi) is 3.82. The van der Waals surface area contributed by atoms with Crippen LogP contribution in [0.4, 0.5) is 5.69 Å². The van der Waals surface area contributed by atoms with Gasteiger partial charge in [0.25, 0.3) is 0 Å². The van der Waals surface area contributed by atoms with E-state index in [-0.39, 0.29) is 11.7 Å². The van der Waals surface area contributed by atoms with Crippen LogP contribution >= 0.6 is 0 Å². The Labute approximate surface area is 103 Å². The zero-order valence-electron chi connectivity index (χ0n) is 10.7. The molecule has 1 aromatic carbocycles. The molecule has 0 heterocycles. The molecule has 0 bridgehead atoms. The van der Waals surface area contributed by atoms with E-state index in [1.54, 1.807) is 0 Å². The van der Waals surface area contributed by atoms with Crippen LogP contribution in [-0.4, -0.2) is 11.8 Å². The minimum atomic E-state index is 0.0728. The Balaban J connectivity index is 1.99. The van der Waals surface area contributed by atoms with Gasteiger partial charge in [-0.05, 0) is 37.1 Å². The van der Waals surface area contributed by atoms with Crippen LogP contribution in [-0.2, 0) is 0 Å². The van der Waals surface area contributed by atoms with Gasteiger partial charge < -0.3 is 5.32 Å². The normalized spacial score (nSPS) is 16.4. The van der Waals surface area contributed by atoms with Crippen LogP contribution in [0.5, 0.6) is 0 Å². The minimum absolute atomic E-state index is 0.0728. The van der Waals surface area contributed by atoms with Crippen molar-refractivity contribution in [3.8, 4) is 0 Å². The number of hydrogen-bond acceptors (Lipinski definition) is 2. The zero-order valence-corrected chi connectivity index (χ0v) is 10.7. The fraction of sp³-hybridized carbons (Fsp3) is 0.533. The zero-order chi connectivity index (χ0) is 12.3. The van der Waals surface area contributed by atoms with Gasteiger partial charge in [0.1, 0.15) is 0 Å². The van der Waals surface area contributed by atoms with E-state index in [9.17, 15) is 4.79 Å². The average molecular weight is 231 g/mol. The number of rotatable bonds is 4. The largest absolute Gasteiger partial charge is 0.382 e. The second-order valence-corrected chi connectivity index (χ2v) is 5.22. The molecule has 0 amide bonds. The number of ketones is 1. The van der Waals surface area contributed by atoms with Crippen molar-refractivity contribution in [1.29, 1.82) is 0 Å². The first-order valence-corrected chi connectivity index (χ1v) is 6.57. The molecule has 2 nitrogen and oxygen atoms in total. The summed E-state index contributed by atoms with van der Waals surface area (Å²) in [4.78, 5) is 11.8. The maximum atomic E-state index is 11.8. The van der Waals surface area contributed by atoms with E-state index in [1.807, 2.05) is 38.1 Å². The Bertz CT molecular complexity index is 374. The van der Waals surface area contributed by atoms with Crippen LogP contribution in [0.1, 0.15) is 49.9 Å².